The summed E-state index contributed by atoms with van der Waals surface area (Å²) in [6.45, 7) is 0. The lowest BCUT2D eigenvalue weighted by atomic mass is 10.00. The van der Waals surface area contributed by atoms with Gasteiger partial charge in [-0.3, -0.25) is 0 Å². The highest BCUT2D eigenvalue weighted by Crippen LogP contribution is 2.23. The molecule has 0 saturated carbocycles. The van der Waals surface area contributed by atoms with E-state index >= 15 is 0 Å². The van der Waals surface area contributed by atoms with Crippen molar-refractivity contribution in [2.24, 2.45) is 0 Å². The fourth-order valence-electron chi connectivity index (χ4n) is 1.28. The standard InChI is InChI=1S/C10H8N2OS/c13-7-9(10-6-11-12-14-10)8-4-2-1-3-5-8/h1-7,9H. The average molecular weight is 204 g/mol. The van der Waals surface area contributed by atoms with Crippen molar-refractivity contribution in [1.29, 1.82) is 0 Å². The van der Waals surface area contributed by atoms with Crippen LogP contribution in [-0.2, 0) is 4.79 Å². The molecule has 70 valence electrons. The molecule has 3 nitrogen and oxygen atoms in total. The third kappa shape index (κ3) is 1.70. The maximum absolute atomic E-state index is 11.0. The fraction of sp³-hybridized carbons (Fsp3) is 0.100. The van der Waals surface area contributed by atoms with Gasteiger partial charge in [-0.2, -0.15) is 0 Å². The summed E-state index contributed by atoms with van der Waals surface area (Å²) in [6.07, 6.45) is 2.56. The van der Waals surface area contributed by atoms with Crippen molar-refractivity contribution in [2.45, 2.75) is 5.92 Å². The molecule has 0 aliphatic heterocycles. The lowest BCUT2D eigenvalue weighted by Crippen LogP contribution is -1.99. The molecule has 0 aliphatic rings. The molecule has 0 spiro atoms. The molecule has 0 N–H and O–H groups in total. The van der Waals surface area contributed by atoms with E-state index in [9.17, 15) is 4.79 Å². The fourth-order valence-corrected chi connectivity index (χ4v) is 1.87. The van der Waals surface area contributed by atoms with Crippen molar-refractivity contribution in [2.75, 3.05) is 0 Å². The zero-order valence-corrected chi connectivity index (χ0v) is 8.15. The van der Waals surface area contributed by atoms with Crippen molar-refractivity contribution >= 4 is 17.8 Å². The van der Waals surface area contributed by atoms with Crippen molar-refractivity contribution in [3.05, 3.63) is 47.0 Å². The van der Waals surface area contributed by atoms with Crippen LogP contribution in [0.25, 0.3) is 0 Å². The molecule has 1 heterocycles. The van der Waals surface area contributed by atoms with Crippen molar-refractivity contribution in [3.8, 4) is 0 Å². The summed E-state index contributed by atoms with van der Waals surface area (Å²) in [4.78, 5) is 11.8. The van der Waals surface area contributed by atoms with Gasteiger partial charge < -0.3 is 4.79 Å². The Morgan fingerprint density at radius 2 is 2.07 bits per heavy atom. The number of carbonyl (C=O) groups excluding carboxylic acids is 1. The molecular formula is C10H8N2OS. The van der Waals surface area contributed by atoms with Gasteiger partial charge in [0.1, 0.15) is 6.29 Å². The predicted octanol–water partition coefficient (Wildman–Crippen LogP) is 1.87. The van der Waals surface area contributed by atoms with Crippen molar-refractivity contribution < 1.29 is 4.79 Å². The Kier molecular flexibility index (Phi) is 2.65. The number of benzene rings is 1. The molecule has 0 fully saturated rings. The second-order valence-corrected chi connectivity index (χ2v) is 3.66. The molecule has 0 bridgehead atoms. The van der Waals surface area contributed by atoms with Gasteiger partial charge in [-0.05, 0) is 17.1 Å². The van der Waals surface area contributed by atoms with Crippen molar-refractivity contribution in [3.63, 3.8) is 0 Å². The van der Waals surface area contributed by atoms with Gasteiger partial charge in [-0.15, -0.1) is 5.10 Å². The minimum absolute atomic E-state index is 0.226. The minimum Gasteiger partial charge on any atom is -0.302 e. The van der Waals surface area contributed by atoms with E-state index in [0.717, 1.165) is 16.7 Å². The van der Waals surface area contributed by atoms with Gasteiger partial charge in [0.15, 0.2) is 0 Å². The summed E-state index contributed by atoms with van der Waals surface area (Å²) in [5.41, 5.74) is 0.980. The number of nitrogens with zero attached hydrogens (tertiary/aromatic N) is 2. The predicted molar refractivity (Wildman–Crippen MR) is 54.3 cm³/mol. The molecule has 1 atom stereocenters. The molecule has 0 amide bonds. The Morgan fingerprint density at radius 3 is 2.64 bits per heavy atom. The number of aldehydes is 1. The normalized spacial score (nSPS) is 12.3. The Bertz CT molecular complexity index is 399. The topological polar surface area (TPSA) is 42.9 Å². The van der Waals surface area contributed by atoms with Gasteiger partial charge in [-0.1, -0.05) is 34.8 Å². The molecule has 4 heteroatoms. The van der Waals surface area contributed by atoms with E-state index in [1.165, 1.54) is 11.5 Å². The highest BCUT2D eigenvalue weighted by Gasteiger charge is 2.14. The Hall–Kier alpha value is -1.55. The number of rotatable bonds is 3. The molecular weight excluding hydrogens is 196 g/mol. The Labute approximate surface area is 85.6 Å². The van der Waals surface area contributed by atoms with E-state index in [0.29, 0.717) is 0 Å². The first-order valence-corrected chi connectivity index (χ1v) is 4.96. The second-order valence-electron chi connectivity index (χ2n) is 2.84. The van der Waals surface area contributed by atoms with Crippen molar-refractivity contribution in [1.82, 2.24) is 9.59 Å². The molecule has 2 aromatic rings. The van der Waals surface area contributed by atoms with E-state index in [1.54, 1.807) is 6.20 Å². The summed E-state index contributed by atoms with van der Waals surface area (Å²) < 4.78 is 3.75. The largest absolute Gasteiger partial charge is 0.302 e. The first kappa shape index (κ1) is 9.02. The maximum atomic E-state index is 11.0. The zero-order valence-electron chi connectivity index (χ0n) is 7.33. The van der Waals surface area contributed by atoms with Crippen LogP contribution in [0.4, 0.5) is 0 Å². The Morgan fingerprint density at radius 1 is 1.29 bits per heavy atom. The smallest absolute Gasteiger partial charge is 0.132 e. The number of hydrogen-bond donors (Lipinski definition) is 0. The highest BCUT2D eigenvalue weighted by atomic mass is 32.1. The lowest BCUT2D eigenvalue weighted by Gasteiger charge is -2.05. The summed E-state index contributed by atoms with van der Waals surface area (Å²) >= 11 is 1.26. The first-order chi connectivity index (χ1) is 6.92. The number of hydrogen-bond acceptors (Lipinski definition) is 4. The SMILES string of the molecule is O=CC(c1ccccc1)c1cnns1. The molecule has 0 aliphatic carbocycles. The van der Waals surface area contributed by atoms with E-state index in [4.69, 9.17) is 0 Å². The van der Waals surface area contributed by atoms with Crippen LogP contribution in [0.15, 0.2) is 36.5 Å². The lowest BCUT2D eigenvalue weighted by molar-refractivity contribution is -0.108. The van der Waals surface area contributed by atoms with Crippen LogP contribution in [0.2, 0.25) is 0 Å². The molecule has 0 saturated heterocycles. The molecule has 1 aromatic carbocycles. The summed E-state index contributed by atoms with van der Waals surface area (Å²) in [5.74, 6) is -0.226. The minimum atomic E-state index is -0.226. The first-order valence-electron chi connectivity index (χ1n) is 4.19. The van der Waals surface area contributed by atoms with Crippen LogP contribution in [0.5, 0.6) is 0 Å². The number of carbonyl (C=O) groups is 1. The van der Waals surface area contributed by atoms with Crippen LogP contribution in [0.1, 0.15) is 16.4 Å². The van der Waals surface area contributed by atoms with Gasteiger partial charge in [0, 0.05) is 0 Å². The third-order valence-electron chi connectivity index (χ3n) is 1.98. The quantitative estimate of drug-likeness (QED) is 0.717. The Balaban J connectivity index is 2.36. The molecule has 14 heavy (non-hydrogen) atoms. The van der Waals surface area contributed by atoms with Crippen LogP contribution in [-0.4, -0.2) is 15.9 Å². The van der Waals surface area contributed by atoms with Crippen LogP contribution < -0.4 is 0 Å². The van der Waals surface area contributed by atoms with E-state index < -0.39 is 0 Å². The molecule has 1 unspecified atom stereocenters. The summed E-state index contributed by atoms with van der Waals surface area (Å²) in [5, 5.41) is 3.73. The maximum Gasteiger partial charge on any atom is 0.132 e. The highest BCUT2D eigenvalue weighted by molar-refractivity contribution is 7.05. The molecule has 0 radical (unpaired) electrons. The van der Waals surface area contributed by atoms with E-state index in [1.807, 2.05) is 30.3 Å². The van der Waals surface area contributed by atoms with Gasteiger partial charge >= 0.3 is 0 Å². The molecule has 1 aromatic heterocycles. The van der Waals surface area contributed by atoms with Gasteiger partial charge in [0.25, 0.3) is 0 Å². The average Bonchev–Trinajstić information content (AvgIpc) is 2.74. The van der Waals surface area contributed by atoms with Crippen LogP contribution >= 0.6 is 11.5 Å². The number of aromatic nitrogens is 2. The van der Waals surface area contributed by atoms with Gasteiger partial charge in [0.05, 0.1) is 17.0 Å². The molecule has 2 rings (SSSR count). The van der Waals surface area contributed by atoms with Crippen LogP contribution in [0.3, 0.4) is 0 Å². The zero-order chi connectivity index (χ0) is 9.80. The second kappa shape index (κ2) is 4.11. The van der Waals surface area contributed by atoms with Gasteiger partial charge in [-0.25, -0.2) is 0 Å². The van der Waals surface area contributed by atoms with Gasteiger partial charge in [0.2, 0.25) is 0 Å². The monoisotopic (exact) mass is 204 g/mol. The third-order valence-corrected chi connectivity index (χ3v) is 2.73. The summed E-state index contributed by atoms with van der Waals surface area (Å²) in [6, 6.07) is 9.62. The van der Waals surface area contributed by atoms with Crippen LogP contribution in [0, 0.1) is 0 Å². The summed E-state index contributed by atoms with van der Waals surface area (Å²) in [7, 11) is 0. The van der Waals surface area contributed by atoms with E-state index in [2.05, 4.69) is 9.59 Å². The van der Waals surface area contributed by atoms with E-state index in [-0.39, 0.29) is 5.92 Å².